The number of nitrogens with zero attached hydrogens (tertiary/aromatic N) is 2. The highest BCUT2D eigenvalue weighted by atomic mass is 35.5. The van der Waals surface area contributed by atoms with E-state index in [-0.39, 0.29) is 27.2 Å². The summed E-state index contributed by atoms with van der Waals surface area (Å²) in [7, 11) is -3.54. The lowest BCUT2D eigenvalue weighted by atomic mass is 10.1. The van der Waals surface area contributed by atoms with Crippen LogP contribution in [0.15, 0.2) is 16.3 Å². The Kier molecular flexibility index (Phi) is 4.52. The van der Waals surface area contributed by atoms with Crippen molar-refractivity contribution in [1.29, 1.82) is 0 Å². The fourth-order valence-corrected chi connectivity index (χ4v) is 6.50. The van der Waals surface area contributed by atoms with Crippen LogP contribution in [-0.4, -0.2) is 53.7 Å². The summed E-state index contributed by atoms with van der Waals surface area (Å²) in [4.78, 5) is 24.7. The van der Waals surface area contributed by atoms with E-state index in [4.69, 9.17) is 11.6 Å². The number of thiophene rings is 1. The van der Waals surface area contributed by atoms with Crippen LogP contribution in [0.25, 0.3) is 0 Å². The van der Waals surface area contributed by atoms with Crippen LogP contribution in [-0.2, 0) is 14.8 Å². The Hall–Kier alpha value is -0.610. The van der Waals surface area contributed by atoms with Gasteiger partial charge >= 0.3 is 0 Å². The average molecular weight is 381 g/mol. The van der Waals surface area contributed by atoms with Crippen LogP contribution in [0.4, 0.5) is 4.79 Å². The number of thioether (sulfide) groups is 1. The largest absolute Gasteiger partial charge is 0.289 e. The van der Waals surface area contributed by atoms with Crippen molar-refractivity contribution in [2.45, 2.75) is 23.1 Å². The van der Waals surface area contributed by atoms with E-state index < -0.39 is 10.0 Å². The number of halogens is 1. The van der Waals surface area contributed by atoms with Crippen LogP contribution in [0.3, 0.4) is 0 Å². The van der Waals surface area contributed by atoms with E-state index in [0.717, 1.165) is 23.1 Å². The summed E-state index contributed by atoms with van der Waals surface area (Å²) in [6.07, 6.45) is 0.937. The fraction of sp³-hybridized carbons (Fsp3) is 0.500. The van der Waals surface area contributed by atoms with Gasteiger partial charge in [-0.05, 0) is 25.0 Å². The third-order valence-electron chi connectivity index (χ3n) is 3.72. The van der Waals surface area contributed by atoms with Gasteiger partial charge in [-0.1, -0.05) is 23.4 Å². The van der Waals surface area contributed by atoms with Gasteiger partial charge in [-0.25, -0.2) is 8.42 Å². The summed E-state index contributed by atoms with van der Waals surface area (Å²) in [6.45, 7) is 0.592. The highest BCUT2D eigenvalue weighted by Crippen LogP contribution is 2.31. The number of sulfonamides is 1. The lowest BCUT2D eigenvalue weighted by Gasteiger charge is -2.34. The Morgan fingerprint density at radius 1 is 1.18 bits per heavy atom. The lowest BCUT2D eigenvalue weighted by molar-refractivity contribution is -0.126. The second-order valence-electron chi connectivity index (χ2n) is 5.01. The molecule has 0 spiro atoms. The maximum Gasteiger partial charge on any atom is 0.289 e. The number of hydrogen-bond donors (Lipinski definition) is 0. The van der Waals surface area contributed by atoms with Gasteiger partial charge in [-0.3, -0.25) is 14.5 Å². The van der Waals surface area contributed by atoms with E-state index in [2.05, 4.69) is 0 Å². The average Bonchev–Trinajstić information content (AvgIpc) is 3.06. The molecule has 0 N–H and O–H groups in total. The van der Waals surface area contributed by atoms with Gasteiger partial charge in [0, 0.05) is 19.1 Å². The molecule has 2 amide bonds. The molecule has 10 heteroatoms. The van der Waals surface area contributed by atoms with Crippen molar-refractivity contribution in [3.05, 3.63) is 16.5 Å². The highest BCUT2D eigenvalue weighted by molar-refractivity contribution is 8.14. The van der Waals surface area contributed by atoms with E-state index in [1.807, 2.05) is 0 Å². The SMILES string of the molecule is O=C1CSC(=O)N1C1CCN(S(=O)(=O)c2ccc(Cl)s2)CC1. The van der Waals surface area contributed by atoms with Gasteiger partial charge in [-0.15, -0.1) is 11.3 Å². The van der Waals surface area contributed by atoms with Crippen LogP contribution in [0, 0.1) is 0 Å². The van der Waals surface area contributed by atoms with Gasteiger partial charge in [0.1, 0.15) is 4.21 Å². The van der Waals surface area contributed by atoms with E-state index in [0.29, 0.717) is 30.3 Å². The number of rotatable bonds is 3. The minimum atomic E-state index is -3.54. The molecule has 0 radical (unpaired) electrons. The van der Waals surface area contributed by atoms with E-state index in [1.165, 1.54) is 15.3 Å². The third kappa shape index (κ3) is 2.92. The van der Waals surface area contributed by atoms with Crippen molar-refractivity contribution in [3.63, 3.8) is 0 Å². The van der Waals surface area contributed by atoms with Gasteiger partial charge in [0.05, 0.1) is 10.1 Å². The summed E-state index contributed by atoms with van der Waals surface area (Å²) in [5, 5.41) is -0.226. The normalized spacial score (nSPS) is 21.8. The van der Waals surface area contributed by atoms with E-state index >= 15 is 0 Å². The van der Waals surface area contributed by atoms with Gasteiger partial charge < -0.3 is 0 Å². The number of carbonyl (C=O) groups is 2. The Labute approximate surface area is 141 Å². The molecular formula is C12H13ClN2O4S3. The Balaban J connectivity index is 1.69. The molecule has 2 aliphatic heterocycles. The first kappa shape index (κ1) is 16.3. The summed E-state index contributed by atoms with van der Waals surface area (Å²) in [5.41, 5.74) is 0. The van der Waals surface area contributed by atoms with Gasteiger partial charge in [-0.2, -0.15) is 4.31 Å². The number of imide groups is 1. The van der Waals surface area contributed by atoms with Gasteiger partial charge in [0.15, 0.2) is 0 Å². The van der Waals surface area contributed by atoms with Crippen molar-refractivity contribution in [3.8, 4) is 0 Å². The zero-order chi connectivity index (χ0) is 15.9. The quantitative estimate of drug-likeness (QED) is 0.803. The fourth-order valence-electron chi connectivity index (χ4n) is 2.62. The van der Waals surface area contributed by atoms with Crippen LogP contribution in [0.5, 0.6) is 0 Å². The molecule has 3 heterocycles. The maximum atomic E-state index is 12.5. The van der Waals surface area contributed by atoms with E-state index in [1.54, 1.807) is 6.07 Å². The van der Waals surface area contributed by atoms with Gasteiger partial charge in [0.25, 0.3) is 15.3 Å². The minimum absolute atomic E-state index is 0.179. The van der Waals surface area contributed by atoms with Crippen molar-refractivity contribution in [1.82, 2.24) is 9.21 Å². The van der Waals surface area contributed by atoms with E-state index in [9.17, 15) is 18.0 Å². The third-order valence-corrected chi connectivity index (χ3v) is 8.15. The highest BCUT2D eigenvalue weighted by Gasteiger charge is 2.39. The smallest absolute Gasteiger partial charge is 0.273 e. The molecule has 0 atom stereocenters. The Bertz CT molecular complexity index is 694. The number of carbonyl (C=O) groups excluding carboxylic acids is 2. The molecule has 1 aromatic rings. The number of hydrogen-bond acceptors (Lipinski definition) is 6. The predicted molar refractivity (Wildman–Crippen MR) is 85.8 cm³/mol. The summed E-state index contributed by atoms with van der Waals surface area (Å²) in [6, 6.07) is 2.86. The molecule has 22 heavy (non-hydrogen) atoms. The van der Waals surface area contributed by atoms with Crippen molar-refractivity contribution in [2.24, 2.45) is 0 Å². The minimum Gasteiger partial charge on any atom is -0.273 e. The first-order chi connectivity index (χ1) is 10.4. The van der Waals surface area contributed by atoms with Crippen LogP contribution < -0.4 is 0 Å². The first-order valence-electron chi connectivity index (χ1n) is 6.64. The summed E-state index contributed by atoms with van der Waals surface area (Å²) >= 11 is 7.83. The standard InChI is InChI=1S/C12H13ClN2O4S3/c13-9-1-2-11(21-9)22(18,19)14-5-3-8(4-6-14)15-10(16)7-20-12(15)17/h1-2,8H,3-7H2. The lowest BCUT2D eigenvalue weighted by Crippen LogP contribution is -2.48. The molecule has 0 bridgehead atoms. The molecule has 2 aliphatic rings. The topological polar surface area (TPSA) is 74.8 Å². The number of amides is 2. The molecule has 1 aromatic heterocycles. The van der Waals surface area contributed by atoms with Crippen molar-refractivity contribution in [2.75, 3.05) is 18.8 Å². The second kappa shape index (κ2) is 6.12. The molecule has 6 nitrogen and oxygen atoms in total. The zero-order valence-corrected chi connectivity index (χ0v) is 14.6. The molecule has 120 valence electrons. The summed E-state index contributed by atoms with van der Waals surface area (Å²) < 4.78 is 27.0. The van der Waals surface area contributed by atoms with Crippen LogP contribution in [0.1, 0.15) is 12.8 Å². The maximum absolute atomic E-state index is 12.5. The first-order valence-corrected chi connectivity index (χ1v) is 10.3. The van der Waals surface area contributed by atoms with Crippen molar-refractivity contribution >= 4 is 55.9 Å². The molecule has 2 fully saturated rings. The molecule has 0 saturated carbocycles. The van der Waals surface area contributed by atoms with Gasteiger partial charge in [0.2, 0.25) is 5.91 Å². The Morgan fingerprint density at radius 2 is 1.86 bits per heavy atom. The molecule has 2 saturated heterocycles. The molecule has 0 unspecified atom stereocenters. The molecule has 3 rings (SSSR count). The molecular weight excluding hydrogens is 368 g/mol. The second-order valence-corrected chi connectivity index (χ2v) is 9.82. The number of piperidine rings is 1. The predicted octanol–water partition coefficient (Wildman–Crippen LogP) is 2.25. The van der Waals surface area contributed by atoms with Crippen LogP contribution >= 0.6 is 34.7 Å². The van der Waals surface area contributed by atoms with Crippen LogP contribution in [0.2, 0.25) is 4.34 Å². The zero-order valence-electron chi connectivity index (χ0n) is 11.4. The Morgan fingerprint density at radius 3 is 2.36 bits per heavy atom. The summed E-state index contributed by atoms with van der Waals surface area (Å²) in [5.74, 6) is 0.00625. The monoisotopic (exact) mass is 380 g/mol. The molecule has 0 aliphatic carbocycles. The molecule has 0 aromatic carbocycles. The van der Waals surface area contributed by atoms with Crippen molar-refractivity contribution < 1.29 is 18.0 Å².